The number of alkyl halides is 2. The molecule has 0 bridgehead atoms. The summed E-state index contributed by atoms with van der Waals surface area (Å²) in [5.41, 5.74) is 0.626. The first-order valence-electron chi connectivity index (χ1n) is 8.31. The first-order valence-corrected chi connectivity index (χ1v) is 8.31. The van der Waals surface area contributed by atoms with Gasteiger partial charge in [0.05, 0.1) is 12.4 Å². The monoisotopic (exact) mass is 366 g/mol. The lowest BCUT2D eigenvalue weighted by molar-refractivity contribution is -0.0498. The van der Waals surface area contributed by atoms with Crippen molar-refractivity contribution in [1.82, 2.24) is 9.80 Å². The van der Waals surface area contributed by atoms with E-state index in [2.05, 4.69) is 9.64 Å². The number of carbonyl (C=O) groups is 1. The second-order valence-corrected chi connectivity index (χ2v) is 6.03. The minimum atomic E-state index is -2.87. The molecule has 26 heavy (non-hydrogen) atoms. The lowest BCUT2D eigenvalue weighted by Crippen LogP contribution is -2.49. The van der Waals surface area contributed by atoms with Gasteiger partial charge in [0.1, 0.15) is 5.75 Å². The first kappa shape index (κ1) is 18.3. The van der Waals surface area contributed by atoms with E-state index < -0.39 is 12.7 Å². The Balaban J connectivity index is 1.48. The Labute approximate surface area is 149 Å². The minimum Gasteiger partial charge on any atom is -0.459 e. The molecule has 1 aromatic heterocycles. The average Bonchev–Trinajstić information content (AvgIpc) is 3.16. The predicted octanol–water partition coefficient (Wildman–Crippen LogP) is 2.37. The van der Waals surface area contributed by atoms with E-state index in [4.69, 9.17) is 4.42 Å². The second-order valence-electron chi connectivity index (χ2n) is 6.03. The minimum absolute atomic E-state index is 0.0565. The molecule has 1 amide bonds. The summed E-state index contributed by atoms with van der Waals surface area (Å²) >= 11 is 0. The van der Waals surface area contributed by atoms with Gasteiger partial charge in [-0.1, -0.05) is 12.1 Å². The molecule has 2 aromatic rings. The summed E-state index contributed by atoms with van der Waals surface area (Å²) < 4.78 is 33.7. The van der Waals surface area contributed by atoms with Crippen LogP contribution < -0.4 is 4.74 Å². The average molecular weight is 366 g/mol. The van der Waals surface area contributed by atoms with Crippen molar-refractivity contribution in [3.8, 4) is 5.75 Å². The summed E-state index contributed by atoms with van der Waals surface area (Å²) in [5, 5.41) is 10.3. The fourth-order valence-electron chi connectivity index (χ4n) is 2.91. The van der Waals surface area contributed by atoms with Crippen LogP contribution in [0.25, 0.3) is 0 Å². The van der Waals surface area contributed by atoms with Crippen molar-refractivity contribution in [2.75, 3.05) is 32.7 Å². The molecule has 1 N–H and O–H groups in total. The van der Waals surface area contributed by atoms with Crippen LogP contribution in [0.3, 0.4) is 0 Å². The van der Waals surface area contributed by atoms with E-state index in [0.717, 1.165) is 0 Å². The lowest BCUT2D eigenvalue weighted by atomic mass is 10.1. The van der Waals surface area contributed by atoms with Crippen LogP contribution in [-0.2, 0) is 0 Å². The molecule has 1 unspecified atom stereocenters. The van der Waals surface area contributed by atoms with Crippen LogP contribution in [0.4, 0.5) is 8.78 Å². The number of rotatable bonds is 6. The Morgan fingerprint density at radius 2 is 1.85 bits per heavy atom. The van der Waals surface area contributed by atoms with Crippen molar-refractivity contribution < 1.29 is 27.8 Å². The van der Waals surface area contributed by atoms with Crippen LogP contribution in [0, 0.1) is 0 Å². The number of ether oxygens (including phenoxy) is 1. The third-order valence-electron chi connectivity index (χ3n) is 4.31. The lowest BCUT2D eigenvalue weighted by Gasteiger charge is -2.35. The van der Waals surface area contributed by atoms with Gasteiger partial charge in [0.15, 0.2) is 5.76 Å². The highest BCUT2D eigenvalue weighted by Gasteiger charge is 2.25. The van der Waals surface area contributed by atoms with Crippen LogP contribution >= 0.6 is 0 Å². The van der Waals surface area contributed by atoms with E-state index in [0.29, 0.717) is 44.0 Å². The van der Waals surface area contributed by atoms with E-state index in [9.17, 15) is 18.7 Å². The summed E-state index contributed by atoms with van der Waals surface area (Å²) in [5.74, 6) is 0.246. The summed E-state index contributed by atoms with van der Waals surface area (Å²) in [6, 6.07) is 9.27. The topological polar surface area (TPSA) is 66.2 Å². The molecule has 8 heteroatoms. The summed E-state index contributed by atoms with van der Waals surface area (Å²) in [6.45, 7) is -0.101. The fourth-order valence-corrected chi connectivity index (χ4v) is 2.91. The number of carbonyl (C=O) groups excluding carboxylic acids is 1. The Morgan fingerprint density at radius 3 is 2.42 bits per heavy atom. The second kappa shape index (κ2) is 8.29. The number of β-amino-alcohol motifs (C(OH)–C–C–N with tert-alkyl or cyclic N) is 1. The van der Waals surface area contributed by atoms with Crippen molar-refractivity contribution in [2.45, 2.75) is 12.7 Å². The summed E-state index contributed by atoms with van der Waals surface area (Å²) in [7, 11) is 0. The number of hydrogen-bond donors (Lipinski definition) is 1. The fraction of sp³-hybridized carbons (Fsp3) is 0.389. The number of halogens is 2. The number of aliphatic hydroxyl groups excluding tert-OH is 1. The van der Waals surface area contributed by atoms with Gasteiger partial charge in [0.2, 0.25) is 0 Å². The first-order chi connectivity index (χ1) is 12.5. The van der Waals surface area contributed by atoms with Gasteiger partial charge in [-0.05, 0) is 29.8 Å². The highest BCUT2D eigenvalue weighted by molar-refractivity contribution is 5.91. The van der Waals surface area contributed by atoms with Crippen LogP contribution in [0.2, 0.25) is 0 Å². The van der Waals surface area contributed by atoms with Crippen molar-refractivity contribution >= 4 is 5.91 Å². The molecule has 1 aliphatic heterocycles. The van der Waals surface area contributed by atoms with Crippen molar-refractivity contribution in [2.24, 2.45) is 0 Å². The molecule has 1 saturated heterocycles. The molecule has 0 radical (unpaired) electrons. The zero-order valence-corrected chi connectivity index (χ0v) is 14.1. The molecular formula is C18H20F2N2O4. The molecule has 3 rings (SSSR count). The van der Waals surface area contributed by atoms with Crippen LogP contribution in [0.5, 0.6) is 5.75 Å². The van der Waals surface area contributed by atoms with Gasteiger partial charge in [-0.25, -0.2) is 0 Å². The standard InChI is InChI=1S/C18H20F2N2O4/c19-18(20)26-14-5-3-13(4-6-14)15(23)12-21-7-9-22(10-8-21)17(24)16-2-1-11-25-16/h1-6,11,15,18,23H,7-10,12H2. The smallest absolute Gasteiger partial charge is 0.387 e. The number of furan rings is 1. The third-order valence-corrected chi connectivity index (χ3v) is 4.31. The van der Waals surface area contributed by atoms with E-state index >= 15 is 0 Å². The predicted molar refractivity (Wildman–Crippen MR) is 89.1 cm³/mol. The highest BCUT2D eigenvalue weighted by atomic mass is 19.3. The van der Waals surface area contributed by atoms with E-state index in [-0.39, 0.29) is 11.7 Å². The van der Waals surface area contributed by atoms with Crippen molar-refractivity contribution in [3.63, 3.8) is 0 Å². The Morgan fingerprint density at radius 1 is 1.15 bits per heavy atom. The number of benzene rings is 1. The van der Waals surface area contributed by atoms with Gasteiger partial charge in [-0.15, -0.1) is 0 Å². The maximum Gasteiger partial charge on any atom is 0.387 e. The Bertz CT molecular complexity index is 698. The molecule has 1 fully saturated rings. The van der Waals surface area contributed by atoms with Crippen molar-refractivity contribution in [1.29, 1.82) is 0 Å². The molecular weight excluding hydrogens is 346 g/mol. The molecule has 0 aliphatic carbocycles. The zero-order valence-electron chi connectivity index (χ0n) is 14.1. The molecule has 1 aliphatic rings. The molecule has 140 valence electrons. The highest BCUT2D eigenvalue weighted by Crippen LogP contribution is 2.21. The maximum absolute atomic E-state index is 12.2. The number of aliphatic hydroxyl groups is 1. The quantitative estimate of drug-likeness (QED) is 0.850. The molecule has 6 nitrogen and oxygen atoms in total. The van der Waals surface area contributed by atoms with E-state index in [1.807, 2.05) is 0 Å². The van der Waals surface area contributed by atoms with Gasteiger partial charge >= 0.3 is 6.61 Å². The van der Waals surface area contributed by atoms with Gasteiger partial charge in [0, 0.05) is 32.7 Å². The van der Waals surface area contributed by atoms with E-state index in [1.165, 1.54) is 18.4 Å². The number of hydrogen-bond acceptors (Lipinski definition) is 5. The van der Waals surface area contributed by atoms with Crippen LogP contribution in [0.15, 0.2) is 47.1 Å². The number of nitrogens with zero attached hydrogens (tertiary/aromatic N) is 2. The van der Waals surface area contributed by atoms with Gasteiger partial charge < -0.3 is 19.2 Å². The normalized spacial score (nSPS) is 16.7. The third kappa shape index (κ3) is 4.59. The number of amides is 1. The number of piperazine rings is 1. The van der Waals surface area contributed by atoms with Gasteiger partial charge in [0.25, 0.3) is 5.91 Å². The van der Waals surface area contributed by atoms with Gasteiger partial charge in [-0.2, -0.15) is 8.78 Å². The molecule has 0 spiro atoms. The van der Waals surface area contributed by atoms with Crippen LogP contribution in [-0.4, -0.2) is 60.1 Å². The molecule has 0 saturated carbocycles. The zero-order chi connectivity index (χ0) is 18.5. The molecule has 1 aromatic carbocycles. The Hall–Kier alpha value is -2.45. The van der Waals surface area contributed by atoms with Crippen molar-refractivity contribution in [3.05, 3.63) is 54.0 Å². The molecule has 1 atom stereocenters. The largest absolute Gasteiger partial charge is 0.459 e. The molecule has 2 heterocycles. The Kier molecular flexibility index (Phi) is 5.85. The van der Waals surface area contributed by atoms with Crippen LogP contribution in [0.1, 0.15) is 22.2 Å². The SMILES string of the molecule is O=C(c1ccco1)N1CCN(CC(O)c2ccc(OC(F)F)cc2)CC1. The maximum atomic E-state index is 12.2. The summed E-state index contributed by atoms with van der Waals surface area (Å²) in [6.07, 6.45) is 0.722. The summed E-state index contributed by atoms with van der Waals surface area (Å²) in [4.78, 5) is 16.0. The van der Waals surface area contributed by atoms with Gasteiger partial charge in [-0.3, -0.25) is 9.69 Å². The van der Waals surface area contributed by atoms with E-state index in [1.54, 1.807) is 29.2 Å².